The number of carboxylic acids is 2. The van der Waals surface area contributed by atoms with Crippen LogP contribution in [-0.4, -0.2) is 35.4 Å². The number of ether oxygens (including phenoxy) is 2. The second-order valence-electron chi connectivity index (χ2n) is 8.86. The van der Waals surface area contributed by atoms with E-state index in [0.717, 1.165) is 24.0 Å². The number of aliphatic carboxylic acids is 1. The fourth-order valence-corrected chi connectivity index (χ4v) is 4.20. The van der Waals surface area contributed by atoms with Gasteiger partial charge in [0, 0.05) is 6.42 Å². The van der Waals surface area contributed by atoms with Gasteiger partial charge in [0.2, 0.25) is 0 Å². The lowest BCUT2D eigenvalue weighted by Crippen LogP contribution is -2.08. The Morgan fingerprint density at radius 2 is 1.51 bits per heavy atom. The number of benzene rings is 2. The molecule has 0 saturated carbocycles. The summed E-state index contributed by atoms with van der Waals surface area (Å²) in [6, 6.07) is 11.0. The van der Waals surface area contributed by atoms with Crippen LogP contribution in [0.4, 0.5) is 0 Å². The third-order valence-electron chi connectivity index (χ3n) is 6.01. The van der Waals surface area contributed by atoms with Crippen LogP contribution in [0.2, 0.25) is 0 Å². The van der Waals surface area contributed by atoms with Crippen LogP contribution in [0.15, 0.2) is 36.4 Å². The van der Waals surface area contributed by atoms with Gasteiger partial charge in [-0.05, 0) is 55.0 Å². The standard InChI is InChI=1S/C29H40O6/c1-3-5-6-7-8-9-10-11-19-35-25-17-15-22(20-23(25)16-18-27(30)31)21-24-13-12-14-26(34-4-2)28(24)29(32)33/h12-15,17,20H,3-11,16,18-19,21H2,1-2H3,(H,30,31)(H,32,33). The van der Waals surface area contributed by atoms with E-state index in [0.29, 0.717) is 43.1 Å². The second-order valence-corrected chi connectivity index (χ2v) is 8.86. The summed E-state index contributed by atoms with van der Waals surface area (Å²) in [5.74, 6) is -0.823. The van der Waals surface area contributed by atoms with E-state index in [1.165, 1.54) is 38.5 Å². The Labute approximate surface area is 209 Å². The van der Waals surface area contributed by atoms with E-state index in [1.54, 1.807) is 18.2 Å². The summed E-state index contributed by atoms with van der Waals surface area (Å²) in [4.78, 5) is 23.1. The highest BCUT2D eigenvalue weighted by molar-refractivity contribution is 5.92. The number of carboxylic acid groups (broad SMARTS) is 2. The number of aryl methyl sites for hydroxylation is 1. The zero-order valence-electron chi connectivity index (χ0n) is 21.2. The Morgan fingerprint density at radius 1 is 0.800 bits per heavy atom. The van der Waals surface area contributed by atoms with E-state index in [-0.39, 0.29) is 12.0 Å². The molecule has 0 aliphatic carbocycles. The third-order valence-corrected chi connectivity index (χ3v) is 6.01. The quantitative estimate of drug-likeness (QED) is 0.223. The molecule has 0 heterocycles. The van der Waals surface area contributed by atoms with Gasteiger partial charge in [-0.1, -0.05) is 76.1 Å². The molecule has 192 valence electrons. The zero-order chi connectivity index (χ0) is 25.5. The maximum absolute atomic E-state index is 11.9. The smallest absolute Gasteiger partial charge is 0.339 e. The van der Waals surface area contributed by atoms with Crippen molar-refractivity contribution in [2.24, 2.45) is 0 Å². The summed E-state index contributed by atoms with van der Waals surface area (Å²) in [7, 11) is 0. The first-order valence-electron chi connectivity index (χ1n) is 12.9. The molecule has 2 aromatic carbocycles. The summed E-state index contributed by atoms with van der Waals surface area (Å²) in [5.41, 5.74) is 2.56. The van der Waals surface area contributed by atoms with Crippen molar-refractivity contribution >= 4 is 11.9 Å². The van der Waals surface area contributed by atoms with Crippen molar-refractivity contribution in [2.75, 3.05) is 13.2 Å². The summed E-state index contributed by atoms with van der Waals surface area (Å²) in [6.45, 7) is 5.03. The van der Waals surface area contributed by atoms with E-state index < -0.39 is 11.9 Å². The number of hydrogen-bond donors (Lipinski definition) is 2. The summed E-state index contributed by atoms with van der Waals surface area (Å²) < 4.78 is 11.5. The molecule has 35 heavy (non-hydrogen) atoms. The molecule has 0 unspecified atom stereocenters. The van der Waals surface area contributed by atoms with E-state index in [1.807, 2.05) is 25.1 Å². The van der Waals surface area contributed by atoms with Crippen LogP contribution < -0.4 is 9.47 Å². The van der Waals surface area contributed by atoms with Crippen molar-refractivity contribution in [1.82, 2.24) is 0 Å². The molecule has 0 saturated heterocycles. The fraction of sp³-hybridized carbons (Fsp3) is 0.517. The SMILES string of the molecule is CCCCCCCCCCOc1ccc(Cc2cccc(OCC)c2C(=O)O)cc1CCC(=O)O. The van der Waals surface area contributed by atoms with Crippen LogP contribution in [0.25, 0.3) is 0 Å². The van der Waals surface area contributed by atoms with Gasteiger partial charge < -0.3 is 19.7 Å². The number of carbonyl (C=O) groups is 2. The van der Waals surface area contributed by atoms with E-state index in [2.05, 4.69) is 6.92 Å². The third kappa shape index (κ3) is 10.0. The first-order chi connectivity index (χ1) is 17.0. The largest absolute Gasteiger partial charge is 0.493 e. The summed E-state index contributed by atoms with van der Waals surface area (Å²) in [5, 5.41) is 18.9. The van der Waals surface area contributed by atoms with Gasteiger partial charge in [-0.2, -0.15) is 0 Å². The predicted molar refractivity (Wildman–Crippen MR) is 138 cm³/mol. The average Bonchev–Trinajstić information content (AvgIpc) is 2.82. The molecule has 2 rings (SSSR count). The number of rotatable bonds is 18. The minimum absolute atomic E-state index is 0.0117. The van der Waals surface area contributed by atoms with Gasteiger partial charge in [0.15, 0.2) is 0 Å². The molecule has 0 fully saturated rings. The van der Waals surface area contributed by atoms with Crippen LogP contribution in [0.3, 0.4) is 0 Å². The van der Waals surface area contributed by atoms with Gasteiger partial charge in [-0.15, -0.1) is 0 Å². The van der Waals surface area contributed by atoms with Gasteiger partial charge in [-0.3, -0.25) is 4.79 Å². The molecule has 6 heteroatoms. The monoisotopic (exact) mass is 484 g/mol. The molecule has 0 radical (unpaired) electrons. The lowest BCUT2D eigenvalue weighted by atomic mass is 9.96. The zero-order valence-corrected chi connectivity index (χ0v) is 21.2. The Hall–Kier alpha value is -3.02. The van der Waals surface area contributed by atoms with E-state index in [4.69, 9.17) is 9.47 Å². The van der Waals surface area contributed by atoms with Crippen LogP contribution in [-0.2, 0) is 17.6 Å². The van der Waals surface area contributed by atoms with Crippen molar-refractivity contribution in [3.05, 3.63) is 58.7 Å². The molecule has 2 aromatic rings. The van der Waals surface area contributed by atoms with Crippen LogP contribution >= 0.6 is 0 Å². The maximum atomic E-state index is 11.9. The summed E-state index contributed by atoms with van der Waals surface area (Å²) in [6.07, 6.45) is 10.5. The molecule has 0 aliphatic rings. The maximum Gasteiger partial charge on any atom is 0.339 e. The summed E-state index contributed by atoms with van der Waals surface area (Å²) >= 11 is 0. The molecule has 0 spiro atoms. The molecule has 0 aliphatic heterocycles. The lowest BCUT2D eigenvalue weighted by molar-refractivity contribution is -0.136. The fourth-order valence-electron chi connectivity index (χ4n) is 4.20. The first kappa shape index (κ1) is 28.2. The number of aromatic carboxylic acids is 1. The van der Waals surface area contributed by atoms with Gasteiger partial charge >= 0.3 is 11.9 Å². The van der Waals surface area contributed by atoms with Gasteiger partial charge in [0.1, 0.15) is 17.1 Å². The van der Waals surface area contributed by atoms with E-state index in [9.17, 15) is 19.8 Å². The van der Waals surface area contributed by atoms with Gasteiger partial charge in [0.05, 0.1) is 13.2 Å². The van der Waals surface area contributed by atoms with E-state index >= 15 is 0 Å². The highest BCUT2D eigenvalue weighted by atomic mass is 16.5. The molecule has 6 nitrogen and oxygen atoms in total. The van der Waals surface area contributed by atoms with Gasteiger partial charge in [0.25, 0.3) is 0 Å². The van der Waals surface area contributed by atoms with Gasteiger partial charge in [-0.25, -0.2) is 4.79 Å². The van der Waals surface area contributed by atoms with Crippen molar-refractivity contribution in [3.63, 3.8) is 0 Å². The van der Waals surface area contributed by atoms with Crippen LogP contribution in [0, 0.1) is 0 Å². The van der Waals surface area contributed by atoms with Crippen LogP contribution in [0.1, 0.15) is 98.7 Å². The van der Waals surface area contributed by atoms with Crippen molar-refractivity contribution < 1.29 is 29.3 Å². The van der Waals surface area contributed by atoms with Crippen molar-refractivity contribution in [1.29, 1.82) is 0 Å². The minimum Gasteiger partial charge on any atom is -0.493 e. The topological polar surface area (TPSA) is 93.1 Å². The second kappa shape index (κ2) is 15.8. The number of hydrogen-bond acceptors (Lipinski definition) is 4. The first-order valence-corrected chi connectivity index (χ1v) is 12.9. The Balaban J connectivity index is 2.05. The molecular weight excluding hydrogens is 444 g/mol. The molecule has 0 atom stereocenters. The molecule has 0 aromatic heterocycles. The average molecular weight is 485 g/mol. The molecule has 2 N–H and O–H groups in total. The predicted octanol–water partition coefficient (Wildman–Crippen LogP) is 6.91. The molecular formula is C29H40O6. The van der Waals surface area contributed by atoms with Crippen molar-refractivity contribution in [2.45, 2.75) is 84.5 Å². The molecule has 0 amide bonds. The van der Waals surface area contributed by atoms with Crippen LogP contribution in [0.5, 0.6) is 11.5 Å². The number of unbranched alkanes of at least 4 members (excludes halogenated alkanes) is 7. The Kier molecular flexibility index (Phi) is 12.7. The Morgan fingerprint density at radius 3 is 2.17 bits per heavy atom. The lowest BCUT2D eigenvalue weighted by Gasteiger charge is -2.15. The van der Waals surface area contributed by atoms with Crippen molar-refractivity contribution in [3.8, 4) is 11.5 Å². The molecule has 0 bridgehead atoms. The minimum atomic E-state index is -1.03. The normalized spacial score (nSPS) is 10.8. The highest BCUT2D eigenvalue weighted by Crippen LogP contribution is 2.28. The Bertz CT molecular complexity index is 937. The highest BCUT2D eigenvalue weighted by Gasteiger charge is 2.17.